The maximum Gasteiger partial charge on any atom is 0.207 e. The van der Waals surface area contributed by atoms with Crippen LogP contribution in [0.15, 0.2) is 34.8 Å². The van der Waals surface area contributed by atoms with Gasteiger partial charge in [0.25, 0.3) is 0 Å². The summed E-state index contributed by atoms with van der Waals surface area (Å²) < 4.78 is 18.1. The summed E-state index contributed by atoms with van der Waals surface area (Å²) in [5.74, 6) is 0.118. The van der Waals surface area contributed by atoms with Crippen LogP contribution in [0, 0.1) is 0 Å². The highest BCUT2D eigenvalue weighted by Crippen LogP contribution is 2.41. The third-order valence-corrected chi connectivity index (χ3v) is 5.20. The van der Waals surface area contributed by atoms with Crippen molar-refractivity contribution in [2.75, 3.05) is 20.3 Å². The predicted octanol–water partition coefficient (Wildman–Crippen LogP) is 4.59. The van der Waals surface area contributed by atoms with E-state index in [4.69, 9.17) is 14.2 Å². The summed E-state index contributed by atoms with van der Waals surface area (Å²) in [6.07, 6.45) is 0. The Balaban J connectivity index is 2.13. The minimum absolute atomic E-state index is 0.0617. The van der Waals surface area contributed by atoms with E-state index in [1.807, 2.05) is 19.1 Å². The number of halogens is 2. The topological polar surface area (TPSA) is 27.7 Å². The molecule has 1 aliphatic heterocycles. The molecule has 0 bridgehead atoms. The maximum atomic E-state index is 5.91. The molecule has 0 radical (unpaired) electrons. The monoisotopic (exact) mass is 414 g/mol. The van der Waals surface area contributed by atoms with Gasteiger partial charge in [-0.15, -0.1) is 0 Å². The number of rotatable bonds is 3. The molecule has 0 amide bonds. The summed E-state index contributed by atoms with van der Waals surface area (Å²) in [6.45, 7) is 3.26. The molecule has 5 heteroatoms. The highest BCUT2D eigenvalue weighted by Gasteiger charge is 2.43. The maximum absolute atomic E-state index is 5.91. The average molecular weight is 416 g/mol. The van der Waals surface area contributed by atoms with Crippen LogP contribution < -0.4 is 4.74 Å². The van der Waals surface area contributed by atoms with Crippen molar-refractivity contribution in [3.05, 3.63) is 40.4 Å². The first kappa shape index (κ1) is 15.3. The van der Waals surface area contributed by atoms with Crippen LogP contribution in [0.1, 0.15) is 12.5 Å². The second-order valence-electron chi connectivity index (χ2n) is 5.00. The van der Waals surface area contributed by atoms with Gasteiger partial charge in [-0.1, -0.05) is 34.1 Å². The minimum atomic E-state index is -0.708. The molecule has 0 spiro atoms. The van der Waals surface area contributed by atoms with E-state index in [0.29, 0.717) is 13.2 Å². The Morgan fingerprint density at radius 2 is 1.90 bits per heavy atom. The van der Waals surface area contributed by atoms with E-state index in [2.05, 4.69) is 50.1 Å². The molecule has 3 nitrogen and oxygen atoms in total. The fourth-order valence-corrected chi connectivity index (χ4v) is 3.88. The molecule has 2 aromatic carbocycles. The van der Waals surface area contributed by atoms with E-state index < -0.39 is 5.79 Å². The third kappa shape index (κ3) is 2.50. The number of hydrogen-bond donors (Lipinski definition) is 0. The molecule has 1 saturated heterocycles. The van der Waals surface area contributed by atoms with Gasteiger partial charge in [0.1, 0.15) is 5.75 Å². The van der Waals surface area contributed by atoms with Gasteiger partial charge in [-0.05, 0) is 45.8 Å². The van der Waals surface area contributed by atoms with Gasteiger partial charge in [0, 0.05) is 5.56 Å². The molecule has 1 unspecified atom stereocenters. The number of alkyl halides is 1. The lowest BCUT2D eigenvalue weighted by atomic mass is 9.99. The largest absolute Gasteiger partial charge is 0.496 e. The standard InChI is InChI=1S/C16H16Br2O3/c1-10(17)16(20-7-8-21-16)12-4-5-13-11(9-12)3-6-14(19-2)15(13)18/h3-6,9-10H,7-8H2,1-2H3. The highest BCUT2D eigenvalue weighted by atomic mass is 79.9. The van der Waals surface area contributed by atoms with Gasteiger partial charge in [-0.2, -0.15) is 0 Å². The van der Waals surface area contributed by atoms with Crippen molar-refractivity contribution in [3.63, 3.8) is 0 Å². The Kier molecular flexibility index (Phi) is 4.28. The van der Waals surface area contributed by atoms with Crippen molar-refractivity contribution in [1.82, 2.24) is 0 Å². The zero-order valence-electron chi connectivity index (χ0n) is 11.9. The van der Waals surface area contributed by atoms with Gasteiger partial charge in [-0.3, -0.25) is 0 Å². The quantitative estimate of drug-likeness (QED) is 0.686. The zero-order valence-corrected chi connectivity index (χ0v) is 15.0. The predicted molar refractivity (Wildman–Crippen MR) is 90.2 cm³/mol. The summed E-state index contributed by atoms with van der Waals surface area (Å²) >= 11 is 7.21. The van der Waals surface area contributed by atoms with Crippen LogP contribution in [0.4, 0.5) is 0 Å². The molecule has 0 aromatic heterocycles. The van der Waals surface area contributed by atoms with Gasteiger partial charge in [-0.25, -0.2) is 0 Å². The van der Waals surface area contributed by atoms with Crippen molar-refractivity contribution in [2.24, 2.45) is 0 Å². The molecular formula is C16H16Br2O3. The minimum Gasteiger partial charge on any atom is -0.496 e. The van der Waals surface area contributed by atoms with Crippen molar-refractivity contribution in [3.8, 4) is 5.75 Å². The molecule has 21 heavy (non-hydrogen) atoms. The smallest absolute Gasteiger partial charge is 0.207 e. The second kappa shape index (κ2) is 5.88. The first-order chi connectivity index (χ1) is 10.1. The van der Waals surface area contributed by atoms with Crippen LogP contribution in [0.25, 0.3) is 10.8 Å². The Bertz CT molecular complexity index is 664. The number of ether oxygens (including phenoxy) is 3. The summed E-state index contributed by atoms with van der Waals surface area (Å²) in [7, 11) is 1.67. The van der Waals surface area contributed by atoms with Crippen LogP contribution in [0.3, 0.4) is 0 Å². The van der Waals surface area contributed by atoms with Gasteiger partial charge in [0.05, 0.1) is 29.6 Å². The van der Waals surface area contributed by atoms with Crippen molar-refractivity contribution in [2.45, 2.75) is 17.5 Å². The summed E-state index contributed by atoms with van der Waals surface area (Å²) in [5.41, 5.74) is 1.02. The van der Waals surface area contributed by atoms with Crippen LogP contribution in [0.5, 0.6) is 5.75 Å². The first-order valence-electron chi connectivity index (χ1n) is 6.77. The molecule has 1 heterocycles. The number of methoxy groups -OCH3 is 1. The lowest BCUT2D eigenvalue weighted by Gasteiger charge is -2.31. The third-order valence-electron chi connectivity index (χ3n) is 3.78. The number of fused-ring (bicyclic) bond motifs is 1. The van der Waals surface area contributed by atoms with E-state index in [1.54, 1.807) is 7.11 Å². The molecule has 0 aliphatic carbocycles. The number of benzene rings is 2. The molecule has 1 fully saturated rings. The van der Waals surface area contributed by atoms with Gasteiger partial charge in [0.2, 0.25) is 5.79 Å². The Hall–Kier alpha value is -0.620. The molecule has 1 atom stereocenters. The fourth-order valence-electron chi connectivity index (χ4n) is 2.70. The van der Waals surface area contributed by atoms with Crippen molar-refractivity contribution in [1.29, 1.82) is 0 Å². The Morgan fingerprint density at radius 3 is 2.52 bits per heavy atom. The molecule has 0 saturated carbocycles. The van der Waals surface area contributed by atoms with E-state index in [0.717, 1.165) is 26.6 Å². The Labute approximate surface area is 140 Å². The van der Waals surface area contributed by atoms with E-state index in [1.165, 1.54) is 0 Å². The Morgan fingerprint density at radius 1 is 1.19 bits per heavy atom. The van der Waals surface area contributed by atoms with Crippen LogP contribution in [-0.4, -0.2) is 25.2 Å². The van der Waals surface area contributed by atoms with Gasteiger partial charge < -0.3 is 14.2 Å². The van der Waals surface area contributed by atoms with Crippen molar-refractivity contribution >= 4 is 42.6 Å². The van der Waals surface area contributed by atoms with Crippen LogP contribution in [0.2, 0.25) is 0 Å². The van der Waals surface area contributed by atoms with E-state index >= 15 is 0 Å². The lowest BCUT2D eigenvalue weighted by molar-refractivity contribution is -0.161. The SMILES string of the molecule is COc1ccc2cc(C3(C(C)Br)OCCO3)ccc2c1Br. The molecule has 0 N–H and O–H groups in total. The zero-order chi connectivity index (χ0) is 15.0. The molecular weight excluding hydrogens is 400 g/mol. The molecule has 112 valence electrons. The van der Waals surface area contributed by atoms with Crippen LogP contribution >= 0.6 is 31.9 Å². The second-order valence-corrected chi connectivity index (χ2v) is 7.16. The first-order valence-corrected chi connectivity index (χ1v) is 8.48. The lowest BCUT2D eigenvalue weighted by Crippen LogP contribution is -2.35. The molecule has 2 aromatic rings. The normalized spacial score (nSPS) is 18.9. The van der Waals surface area contributed by atoms with Crippen molar-refractivity contribution < 1.29 is 14.2 Å². The summed E-state index contributed by atoms with van der Waals surface area (Å²) in [4.78, 5) is 0.0617. The molecule has 1 aliphatic rings. The van der Waals surface area contributed by atoms with Gasteiger partial charge in [0.15, 0.2) is 0 Å². The number of hydrogen-bond acceptors (Lipinski definition) is 3. The van der Waals surface area contributed by atoms with Gasteiger partial charge >= 0.3 is 0 Å². The van der Waals surface area contributed by atoms with E-state index in [9.17, 15) is 0 Å². The summed E-state index contributed by atoms with van der Waals surface area (Å²) in [5, 5.41) is 2.22. The average Bonchev–Trinajstić information content (AvgIpc) is 2.98. The fraction of sp³-hybridized carbons (Fsp3) is 0.375. The van der Waals surface area contributed by atoms with E-state index in [-0.39, 0.29) is 4.83 Å². The molecule has 3 rings (SSSR count). The highest BCUT2D eigenvalue weighted by molar-refractivity contribution is 9.10. The van der Waals surface area contributed by atoms with Crippen LogP contribution in [-0.2, 0) is 15.3 Å². The summed E-state index contributed by atoms with van der Waals surface area (Å²) in [6, 6.07) is 10.2.